The fraction of sp³-hybridized carbons (Fsp3) is 0.286. The van der Waals surface area contributed by atoms with Crippen LogP contribution >= 0.6 is 11.8 Å². The van der Waals surface area contributed by atoms with Crippen LogP contribution in [-0.2, 0) is 18.7 Å². The molecule has 0 bridgehead atoms. The smallest absolute Gasteiger partial charge is 0.248 e. The Hall–Kier alpha value is -2.60. The number of rotatable bonds is 8. The van der Waals surface area contributed by atoms with Gasteiger partial charge in [0, 0.05) is 17.7 Å². The molecular formula is C21H24N4OS. The Morgan fingerprint density at radius 3 is 2.52 bits per heavy atom. The highest BCUT2D eigenvalue weighted by Crippen LogP contribution is 2.24. The van der Waals surface area contributed by atoms with Gasteiger partial charge < -0.3 is 10.3 Å². The highest BCUT2D eigenvalue weighted by atomic mass is 32.2. The van der Waals surface area contributed by atoms with E-state index in [1.54, 1.807) is 17.8 Å². The summed E-state index contributed by atoms with van der Waals surface area (Å²) in [5, 5.41) is 9.74. The van der Waals surface area contributed by atoms with Crippen LogP contribution in [0.3, 0.4) is 0 Å². The van der Waals surface area contributed by atoms with Gasteiger partial charge in [-0.1, -0.05) is 68.1 Å². The van der Waals surface area contributed by atoms with Crippen molar-refractivity contribution in [3.05, 3.63) is 77.1 Å². The molecule has 0 radical (unpaired) electrons. The summed E-state index contributed by atoms with van der Waals surface area (Å²) < 4.78 is 2.19. The third-order valence-corrected chi connectivity index (χ3v) is 5.19. The maximum absolute atomic E-state index is 11.4. The van der Waals surface area contributed by atoms with E-state index < -0.39 is 5.91 Å². The van der Waals surface area contributed by atoms with E-state index in [1.807, 2.05) is 36.4 Å². The molecule has 2 N–H and O–H groups in total. The molecule has 0 aliphatic heterocycles. The van der Waals surface area contributed by atoms with Gasteiger partial charge in [0.25, 0.3) is 0 Å². The van der Waals surface area contributed by atoms with Crippen molar-refractivity contribution >= 4 is 17.7 Å². The van der Waals surface area contributed by atoms with Gasteiger partial charge in [-0.05, 0) is 29.2 Å². The molecule has 0 saturated heterocycles. The Morgan fingerprint density at radius 1 is 1.07 bits per heavy atom. The number of nitrogens with zero attached hydrogens (tertiary/aromatic N) is 3. The minimum atomic E-state index is -0.409. The topological polar surface area (TPSA) is 73.8 Å². The predicted molar refractivity (Wildman–Crippen MR) is 109 cm³/mol. The zero-order valence-electron chi connectivity index (χ0n) is 15.6. The third kappa shape index (κ3) is 5.20. The minimum Gasteiger partial charge on any atom is -0.366 e. The van der Waals surface area contributed by atoms with E-state index in [4.69, 9.17) is 5.73 Å². The van der Waals surface area contributed by atoms with Crippen LogP contribution in [0.1, 0.15) is 41.2 Å². The lowest BCUT2D eigenvalue weighted by Gasteiger charge is -2.12. The molecule has 140 valence electrons. The van der Waals surface area contributed by atoms with Crippen molar-refractivity contribution in [3.8, 4) is 0 Å². The van der Waals surface area contributed by atoms with Gasteiger partial charge in [-0.2, -0.15) is 0 Å². The molecule has 5 nitrogen and oxygen atoms in total. The Kier molecular flexibility index (Phi) is 6.29. The van der Waals surface area contributed by atoms with Crippen molar-refractivity contribution in [3.63, 3.8) is 0 Å². The van der Waals surface area contributed by atoms with Gasteiger partial charge in [0.2, 0.25) is 5.91 Å². The largest absolute Gasteiger partial charge is 0.366 e. The molecule has 0 unspecified atom stereocenters. The molecule has 0 saturated carbocycles. The first-order chi connectivity index (χ1) is 13.0. The number of hydrogen-bond acceptors (Lipinski definition) is 4. The standard InChI is InChI=1S/C21H24N4OS/c1-15(2)11-19-23-24-21(25(19)13-16-7-4-3-5-8-16)27-14-17-9-6-10-18(12-17)20(22)26/h3-10,12,15H,11,13-14H2,1-2H3,(H2,22,26). The first kappa shape index (κ1) is 19.2. The van der Waals surface area contributed by atoms with Crippen molar-refractivity contribution in [1.82, 2.24) is 14.8 Å². The molecule has 6 heteroatoms. The molecule has 0 aliphatic carbocycles. The molecule has 0 spiro atoms. The van der Waals surface area contributed by atoms with Crippen molar-refractivity contribution in [2.24, 2.45) is 11.7 Å². The van der Waals surface area contributed by atoms with Gasteiger partial charge in [0.15, 0.2) is 5.16 Å². The number of hydrogen-bond donors (Lipinski definition) is 1. The molecule has 1 amide bonds. The molecule has 27 heavy (non-hydrogen) atoms. The van der Waals surface area contributed by atoms with Crippen molar-refractivity contribution in [2.75, 3.05) is 0 Å². The fourth-order valence-electron chi connectivity index (χ4n) is 2.83. The van der Waals surface area contributed by atoms with E-state index >= 15 is 0 Å². The molecule has 3 rings (SSSR count). The highest BCUT2D eigenvalue weighted by molar-refractivity contribution is 7.98. The summed E-state index contributed by atoms with van der Waals surface area (Å²) in [6.07, 6.45) is 0.886. The van der Waals surface area contributed by atoms with Crippen LogP contribution < -0.4 is 5.73 Å². The molecule has 2 aromatic carbocycles. The Balaban J connectivity index is 1.81. The first-order valence-electron chi connectivity index (χ1n) is 9.00. The summed E-state index contributed by atoms with van der Waals surface area (Å²) in [6, 6.07) is 17.8. The fourth-order valence-corrected chi connectivity index (χ4v) is 3.73. The van der Waals surface area contributed by atoms with E-state index in [9.17, 15) is 4.79 Å². The van der Waals surface area contributed by atoms with E-state index in [0.717, 1.165) is 29.5 Å². The van der Waals surface area contributed by atoms with Gasteiger partial charge in [-0.15, -0.1) is 10.2 Å². The molecule has 0 aliphatic rings. The van der Waals surface area contributed by atoms with Crippen LogP contribution in [0, 0.1) is 5.92 Å². The number of carbonyl (C=O) groups excluding carboxylic acids is 1. The lowest BCUT2D eigenvalue weighted by molar-refractivity contribution is 0.1000. The monoisotopic (exact) mass is 380 g/mol. The summed E-state index contributed by atoms with van der Waals surface area (Å²) in [5.74, 6) is 1.81. The average molecular weight is 381 g/mol. The molecule has 1 heterocycles. The maximum atomic E-state index is 11.4. The normalized spacial score (nSPS) is 11.1. The van der Waals surface area contributed by atoms with Gasteiger partial charge in [-0.25, -0.2) is 0 Å². The van der Waals surface area contributed by atoms with Crippen LogP contribution in [0.2, 0.25) is 0 Å². The van der Waals surface area contributed by atoms with E-state index in [0.29, 0.717) is 17.2 Å². The number of aromatic nitrogens is 3. The quantitative estimate of drug-likeness (QED) is 0.601. The molecule has 1 aromatic heterocycles. The zero-order chi connectivity index (χ0) is 19.2. The second-order valence-corrected chi connectivity index (χ2v) is 7.86. The summed E-state index contributed by atoms with van der Waals surface area (Å²) in [5.41, 5.74) is 8.16. The lowest BCUT2D eigenvalue weighted by Crippen LogP contribution is -2.11. The van der Waals surface area contributed by atoms with Crippen molar-refractivity contribution in [1.29, 1.82) is 0 Å². The van der Waals surface area contributed by atoms with Crippen LogP contribution in [-0.4, -0.2) is 20.7 Å². The first-order valence-corrected chi connectivity index (χ1v) is 9.99. The molecule has 3 aromatic rings. The number of carbonyl (C=O) groups is 1. The van der Waals surface area contributed by atoms with Crippen LogP contribution in [0.15, 0.2) is 59.8 Å². The third-order valence-electron chi connectivity index (χ3n) is 4.15. The SMILES string of the molecule is CC(C)Cc1nnc(SCc2cccc(C(N)=O)c2)n1Cc1ccccc1. The van der Waals surface area contributed by atoms with E-state index in [2.05, 4.69) is 40.7 Å². The van der Waals surface area contributed by atoms with Gasteiger partial charge in [0.05, 0.1) is 6.54 Å². The summed E-state index contributed by atoms with van der Waals surface area (Å²) in [4.78, 5) is 11.4. The van der Waals surface area contributed by atoms with Crippen molar-refractivity contribution < 1.29 is 4.79 Å². The predicted octanol–water partition coefficient (Wildman–Crippen LogP) is 3.92. The van der Waals surface area contributed by atoms with Gasteiger partial charge in [0.1, 0.15) is 5.82 Å². The number of primary amides is 1. The second-order valence-electron chi connectivity index (χ2n) is 6.92. The number of nitrogens with two attached hydrogens (primary N) is 1. The number of amides is 1. The molecule has 0 fully saturated rings. The van der Waals surface area contributed by atoms with E-state index in [1.165, 1.54) is 5.56 Å². The second kappa shape index (κ2) is 8.86. The van der Waals surface area contributed by atoms with E-state index in [-0.39, 0.29) is 0 Å². The maximum Gasteiger partial charge on any atom is 0.248 e. The number of thioether (sulfide) groups is 1. The highest BCUT2D eigenvalue weighted by Gasteiger charge is 2.14. The zero-order valence-corrected chi connectivity index (χ0v) is 16.4. The summed E-state index contributed by atoms with van der Waals surface area (Å²) in [6.45, 7) is 5.12. The minimum absolute atomic E-state index is 0.409. The molecular weight excluding hydrogens is 356 g/mol. The summed E-state index contributed by atoms with van der Waals surface area (Å²) >= 11 is 1.62. The number of benzene rings is 2. The van der Waals surface area contributed by atoms with Crippen LogP contribution in [0.5, 0.6) is 0 Å². The van der Waals surface area contributed by atoms with Gasteiger partial charge >= 0.3 is 0 Å². The van der Waals surface area contributed by atoms with Gasteiger partial charge in [-0.3, -0.25) is 4.79 Å². The Morgan fingerprint density at radius 2 is 1.81 bits per heavy atom. The van der Waals surface area contributed by atoms with Crippen molar-refractivity contribution in [2.45, 2.75) is 37.7 Å². The van der Waals surface area contributed by atoms with Crippen LogP contribution in [0.25, 0.3) is 0 Å². The van der Waals surface area contributed by atoms with Crippen LogP contribution in [0.4, 0.5) is 0 Å². The Labute approximate surface area is 164 Å². The average Bonchev–Trinajstić information content (AvgIpc) is 3.02. The summed E-state index contributed by atoms with van der Waals surface area (Å²) in [7, 11) is 0. The lowest BCUT2D eigenvalue weighted by atomic mass is 10.1. The molecule has 0 atom stereocenters. The Bertz CT molecular complexity index is 906.